The van der Waals surface area contributed by atoms with Crippen molar-refractivity contribution in [3.05, 3.63) is 47.3 Å². The maximum atomic E-state index is 11.3. The van der Waals surface area contributed by atoms with Gasteiger partial charge in [-0.05, 0) is 31.2 Å². The van der Waals surface area contributed by atoms with E-state index in [2.05, 4.69) is 10.4 Å². The van der Waals surface area contributed by atoms with E-state index in [4.69, 9.17) is 11.5 Å². The average Bonchev–Trinajstić information content (AvgIpc) is 2.92. The highest BCUT2D eigenvalue weighted by atomic mass is 16.1. The first kappa shape index (κ1) is 14.6. The lowest BCUT2D eigenvalue weighted by Gasteiger charge is -2.10. The third-order valence-electron chi connectivity index (χ3n) is 3.08. The zero-order chi connectivity index (χ0) is 15.4. The smallest absolute Gasteiger partial charge is 0.248 e. The molecule has 5 N–H and O–H groups in total. The predicted octanol–water partition coefficient (Wildman–Crippen LogP) is 0.713. The summed E-state index contributed by atoms with van der Waals surface area (Å²) >= 11 is 0. The van der Waals surface area contributed by atoms with E-state index < -0.39 is 11.8 Å². The SMILES string of the molecule is CCn1nccc1CNc1cc(C(N)=O)cc(C(N)=O)c1. The molecule has 0 spiro atoms. The Morgan fingerprint density at radius 3 is 2.33 bits per heavy atom. The van der Waals surface area contributed by atoms with Gasteiger partial charge in [-0.2, -0.15) is 5.10 Å². The Morgan fingerprint density at radius 1 is 1.19 bits per heavy atom. The summed E-state index contributed by atoms with van der Waals surface area (Å²) in [6.45, 7) is 3.27. The lowest BCUT2D eigenvalue weighted by atomic mass is 10.1. The van der Waals surface area contributed by atoms with Gasteiger partial charge in [0.1, 0.15) is 0 Å². The van der Waals surface area contributed by atoms with E-state index in [-0.39, 0.29) is 11.1 Å². The molecule has 0 saturated heterocycles. The number of nitrogens with one attached hydrogen (secondary N) is 1. The summed E-state index contributed by atoms with van der Waals surface area (Å²) in [6, 6.07) is 6.44. The molecule has 0 aliphatic carbocycles. The number of hydrogen-bond donors (Lipinski definition) is 3. The topological polar surface area (TPSA) is 116 Å². The van der Waals surface area contributed by atoms with Crippen molar-refractivity contribution in [2.75, 3.05) is 5.32 Å². The van der Waals surface area contributed by atoms with Gasteiger partial charge in [-0.25, -0.2) is 0 Å². The Bertz CT molecular complexity index is 646. The molecule has 1 heterocycles. The molecule has 2 aromatic rings. The fraction of sp³-hybridized carbons (Fsp3) is 0.214. The number of aryl methyl sites for hydroxylation is 1. The lowest BCUT2D eigenvalue weighted by Crippen LogP contribution is -2.16. The van der Waals surface area contributed by atoms with Gasteiger partial charge in [0.25, 0.3) is 0 Å². The van der Waals surface area contributed by atoms with Gasteiger partial charge in [0, 0.05) is 29.6 Å². The summed E-state index contributed by atoms with van der Waals surface area (Å²) in [5.74, 6) is -1.22. The number of hydrogen-bond acceptors (Lipinski definition) is 4. The zero-order valence-electron chi connectivity index (χ0n) is 11.7. The fourth-order valence-corrected chi connectivity index (χ4v) is 2.00. The van der Waals surface area contributed by atoms with Crippen molar-refractivity contribution in [1.82, 2.24) is 9.78 Å². The van der Waals surface area contributed by atoms with Crippen LogP contribution in [0.15, 0.2) is 30.5 Å². The normalized spacial score (nSPS) is 10.3. The minimum absolute atomic E-state index is 0.234. The van der Waals surface area contributed by atoms with Gasteiger partial charge in [0.05, 0.1) is 12.2 Å². The molecule has 7 nitrogen and oxygen atoms in total. The standard InChI is InChI=1S/C14H17N5O2/c1-2-19-12(3-4-18-19)8-17-11-6-9(13(15)20)5-10(7-11)14(16)21/h3-7,17H,2,8H2,1H3,(H2,15,20)(H2,16,21). The van der Waals surface area contributed by atoms with E-state index in [1.807, 2.05) is 17.7 Å². The van der Waals surface area contributed by atoms with Crippen LogP contribution in [-0.2, 0) is 13.1 Å². The Balaban J connectivity index is 2.23. The second kappa shape index (κ2) is 6.08. The molecule has 7 heteroatoms. The highest BCUT2D eigenvalue weighted by molar-refractivity contribution is 5.99. The molecule has 0 fully saturated rings. The number of nitrogens with zero attached hydrogens (tertiary/aromatic N) is 2. The number of aromatic nitrogens is 2. The molecule has 2 amide bonds. The third kappa shape index (κ3) is 3.38. The van der Waals surface area contributed by atoms with E-state index in [1.165, 1.54) is 6.07 Å². The lowest BCUT2D eigenvalue weighted by molar-refractivity contribution is 0.0999. The predicted molar refractivity (Wildman–Crippen MR) is 78.7 cm³/mol. The van der Waals surface area contributed by atoms with Crippen LogP contribution in [0.4, 0.5) is 5.69 Å². The molecule has 0 atom stereocenters. The monoisotopic (exact) mass is 287 g/mol. The summed E-state index contributed by atoms with van der Waals surface area (Å²) in [4.78, 5) is 22.6. The number of amides is 2. The van der Waals surface area contributed by atoms with Crippen molar-refractivity contribution in [1.29, 1.82) is 0 Å². The Hall–Kier alpha value is -2.83. The minimum atomic E-state index is -0.611. The van der Waals surface area contributed by atoms with Gasteiger partial charge in [-0.1, -0.05) is 0 Å². The molecule has 1 aromatic carbocycles. The first-order chi connectivity index (χ1) is 10.0. The number of carbonyl (C=O) groups excluding carboxylic acids is 2. The van der Waals surface area contributed by atoms with Crippen molar-refractivity contribution in [3.8, 4) is 0 Å². The molecule has 0 aliphatic rings. The fourth-order valence-electron chi connectivity index (χ4n) is 2.00. The first-order valence-corrected chi connectivity index (χ1v) is 6.50. The second-order valence-corrected chi connectivity index (χ2v) is 4.52. The maximum absolute atomic E-state index is 11.3. The van der Waals surface area contributed by atoms with Crippen LogP contribution in [0, 0.1) is 0 Å². The maximum Gasteiger partial charge on any atom is 0.248 e. The van der Waals surface area contributed by atoms with Gasteiger partial charge in [0.15, 0.2) is 0 Å². The molecule has 0 saturated carbocycles. The van der Waals surface area contributed by atoms with Crippen molar-refractivity contribution >= 4 is 17.5 Å². The molecule has 0 radical (unpaired) electrons. The van der Waals surface area contributed by atoms with E-state index in [1.54, 1.807) is 18.3 Å². The van der Waals surface area contributed by atoms with E-state index in [9.17, 15) is 9.59 Å². The number of primary amides is 2. The van der Waals surface area contributed by atoms with Crippen molar-refractivity contribution < 1.29 is 9.59 Å². The van der Waals surface area contributed by atoms with Gasteiger partial charge < -0.3 is 16.8 Å². The number of rotatable bonds is 6. The van der Waals surface area contributed by atoms with Gasteiger partial charge in [-0.3, -0.25) is 14.3 Å². The quantitative estimate of drug-likeness (QED) is 0.725. The number of carbonyl (C=O) groups is 2. The zero-order valence-corrected chi connectivity index (χ0v) is 11.7. The summed E-state index contributed by atoms with van der Waals surface area (Å²) in [7, 11) is 0. The number of nitrogens with two attached hydrogens (primary N) is 2. The largest absolute Gasteiger partial charge is 0.379 e. The van der Waals surface area contributed by atoms with E-state index in [0.717, 1.165) is 12.2 Å². The van der Waals surface area contributed by atoms with Crippen LogP contribution < -0.4 is 16.8 Å². The van der Waals surface area contributed by atoms with Crippen LogP contribution in [0.1, 0.15) is 33.3 Å². The highest BCUT2D eigenvalue weighted by Crippen LogP contribution is 2.16. The minimum Gasteiger partial charge on any atom is -0.379 e. The van der Waals surface area contributed by atoms with Crippen molar-refractivity contribution in [3.63, 3.8) is 0 Å². The summed E-state index contributed by atoms with van der Waals surface area (Å²) in [5.41, 5.74) is 12.6. The van der Waals surface area contributed by atoms with Crippen LogP contribution in [0.2, 0.25) is 0 Å². The third-order valence-corrected chi connectivity index (χ3v) is 3.08. The van der Waals surface area contributed by atoms with Crippen LogP contribution in [0.5, 0.6) is 0 Å². The van der Waals surface area contributed by atoms with Crippen LogP contribution in [0.3, 0.4) is 0 Å². The van der Waals surface area contributed by atoms with Crippen molar-refractivity contribution in [2.24, 2.45) is 11.5 Å². The van der Waals surface area contributed by atoms with Crippen LogP contribution in [0.25, 0.3) is 0 Å². The molecule has 2 rings (SSSR count). The van der Waals surface area contributed by atoms with Gasteiger partial charge >= 0.3 is 0 Å². The van der Waals surface area contributed by atoms with E-state index >= 15 is 0 Å². The van der Waals surface area contributed by atoms with Gasteiger partial charge in [0.2, 0.25) is 11.8 Å². The Morgan fingerprint density at radius 2 is 1.81 bits per heavy atom. The van der Waals surface area contributed by atoms with Gasteiger partial charge in [-0.15, -0.1) is 0 Å². The Kier molecular flexibility index (Phi) is 4.22. The van der Waals surface area contributed by atoms with Crippen molar-refractivity contribution in [2.45, 2.75) is 20.0 Å². The first-order valence-electron chi connectivity index (χ1n) is 6.50. The molecule has 0 aliphatic heterocycles. The molecule has 0 bridgehead atoms. The Labute approximate surface area is 121 Å². The number of anilines is 1. The van der Waals surface area contributed by atoms with E-state index in [0.29, 0.717) is 12.2 Å². The molecule has 110 valence electrons. The molecular weight excluding hydrogens is 270 g/mol. The average molecular weight is 287 g/mol. The molecule has 21 heavy (non-hydrogen) atoms. The molecular formula is C14H17N5O2. The van der Waals surface area contributed by atoms with Crippen LogP contribution in [-0.4, -0.2) is 21.6 Å². The summed E-state index contributed by atoms with van der Waals surface area (Å²) < 4.78 is 1.85. The summed E-state index contributed by atoms with van der Waals surface area (Å²) in [6.07, 6.45) is 1.72. The van der Waals surface area contributed by atoms with Crippen LogP contribution >= 0.6 is 0 Å². The molecule has 1 aromatic heterocycles. The summed E-state index contributed by atoms with van der Waals surface area (Å²) in [5, 5.41) is 7.30. The second-order valence-electron chi connectivity index (χ2n) is 4.52. The molecule has 0 unspecified atom stereocenters. The number of benzene rings is 1. The highest BCUT2D eigenvalue weighted by Gasteiger charge is 2.09.